The second-order valence-corrected chi connectivity index (χ2v) is 6.08. The van der Waals surface area contributed by atoms with Crippen molar-refractivity contribution >= 4 is 19.9 Å². The Morgan fingerprint density at radius 1 is 0.710 bits per heavy atom. The van der Waals surface area contributed by atoms with E-state index in [1.54, 1.807) is 12.2 Å². The van der Waals surface area contributed by atoms with Gasteiger partial charge in [0.2, 0.25) is 0 Å². The third-order valence-corrected chi connectivity index (χ3v) is 3.67. The van der Waals surface area contributed by atoms with Crippen LogP contribution in [0.25, 0.3) is 0 Å². The van der Waals surface area contributed by atoms with E-state index < -0.39 is 12.2 Å². The third-order valence-electron chi connectivity index (χ3n) is 3.67. The molecule has 0 fully saturated rings. The molecule has 0 saturated heterocycles. The van der Waals surface area contributed by atoms with Gasteiger partial charge in [-0.2, -0.15) is 0 Å². The summed E-state index contributed by atoms with van der Waals surface area (Å²) in [7, 11) is -0.0100. The van der Waals surface area contributed by atoms with Crippen LogP contribution in [-0.2, 0) is 32.0 Å². The van der Waals surface area contributed by atoms with Crippen molar-refractivity contribution in [2.75, 3.05) is 13.1 Å². The van der Waals surface area contributed by atoms with Crippen LogP contribution in [0.3, 0.4) is 0 Å². The Kier molecular flexibility index (Phi) is 11.3. The molecule has 0 atom stereocenters. The number of hydrogen-bond acceptors (Lipinski definition) is 6. The monoisotopic (exact) mass is 424 g/mol. The molecule has 0 unspecified atom stereocenters. The lowest BCUT2D eigenvalue weighted by Crippen LogP contribution is -2.24. The highest BCUT2D eigenvalue weighted by Gasteiger charge is 2.01. The zero-order valence-corrected chi connectivity index (χ0v) is 17.1. The molecule has 162 valence electrons. The largest absolute Gasteiger partial charge is 0.575 e. The summed E-state index contributed by atoms with van der Waals surface area (Å²) in [5.74, 6) is 0. The SMILES string of the molecule is O=C(NCC=COBOC=CCNC(=O)OCc1ccccc1)OCc1ccccc1. The normalized spacial score (nSPS) is 10.5. The Hall–Kier alpha value is -3.88. The van der Waals surface area contributed by atoms with Crippen LogP contribution < -0.4 is 10.6 Å². The summed E-state index contributed by atoms with van der Waals surface area (Å²) in [4.78, 5) is 23.1. The molecule has 9 heteroatoms. The van der Waals surface area contributed by atoms with E-state index in [0.717, 1.165) is 11.1 Å². The number of amides is 2. The lowest BCUT2D eigenvalue weighted by atomic mass is 10.2. The van der Waals surface area contributed by atoms with E-state index in [2.05, 4.69) is 10.6 Å². The molecule has 2 N–H and O–H groups in total. The molecule has 2 amide bonds. The number of alkyl carbamates (subject to hydrolysis) is 2. The maximum Gasteiger partial charge on any atom is 0.575 e. The van der Waals surface area contributed by atoms with Crippen LogP contribution in [0.2, 0.25) is 0 Å². The first-order chi connectivity index (χ1) is 15.2. The Morgan fingerprint density at radius 2 is 1.13 bits per heavy atom. The van der Waals surface area contributed by atoms with Crippen LogP contribution >= 0.6 is 0 Å². The molecule has 0 saturated carbocycles. The molecule has 0 aliphatic rings. The Balaban J connectivity index is 1.41. The molecule has 31 heavy (non-hydrogen) atoms. The third kappa shape index (κ3) is 11.7. The predicted octanol–water partition coefficient (Wildman–Crippen LogP) is 3.17. The molecule has 2 aromatic carbocycles. The van der Waals surface area contributed by atoms with Gasteiger partial charge in [0.25, 0.3) is 0 Å². The van der Waals surface area contributed by atoms with Crippen LogP contribution in [0.15, 0.2) is 85.3 Å². The quantitative estimate of drug-likeness (QED) is 0.309. The van der Waals surface area contributed by atoms with Crippen molar-refractivity contribution in [3.8, 4) is 0 Å². The standard InChI is InChI=1S/C22H25BN2O6/c26-21(28-17-19-9-3-1-4-10-19)24-13-7-15-30-23-31-16-8-14-25-22(27)29-18-20-11-5-2-6-12-20/h1-12,15-16,23H,13-14,17-18H2,(H,24,26)(H,25,27). The Labute approximate surface area is 182 Å². The van der Waals surface area contributed by atoms with Crippen molar-refractivity contribution in [2.45, 2.75) is 13.2 Å². The van der Waals surface area contributed by atoms with Crippen molar-refractivity contribution < 1.29 is 28.4 Å². The number of ether oxygens (including phenoxy) is 2. The number of benzene rings is 2. The first-order valence-corrected chi connectivity index (χ1v) is 9.66. The van der Waals surface area contributed by atoms with Gasteiger partial charge in [0, 0.05) is 13.1 Å². The van der Waals surface area contributed by atoms with Gasteiger partial charge in [0.05, 0.1) is 12.5 Å². The Morgan fingerprint density at radius 3 is 1.55 bits per heavy atom. The summed E-state index contributed by atoms with van der Waals surface area (Å²) >= 11 is 0. The maximum absolute atomic E-state index is 11.5. The number of carbonyl (C=O) groups is 2. The zero-order valence-electron chi connectivity index (χ0n) is 17.1. The summed E-state index contributed by atoms with van der Waals surface area (Å²) in [6, 6.07) is 18.8. The zero-order chi connectivity index (χ0) is 22.0. The number of hydrogen-bond donors (Lipinski definition) is 2. The second-order valence-electron chi connectivity index (χ2n) is 6.08. The van der Waals surface area contributed by atoms with Crippen molar-refractivity contribution in [2.24, 2.45) is 0 Å². The second kappa shape index (κ2) is 15.0. The molecular weight excluding hydrogens is 399 g/mol. The van der Waals surface area contributed by atoms with Gasteiger partial charge in [-0.1, -0.05) is 60.7 Å². The van der Waals surface area contributed by atoms with Gasteiger partial charge < -0.3 is 29.4 Å². The van der Waals surface area contributed by atoms with E-state index >= 15 is 0 Å². The van der Waals surface area contributed by atoms with Crippen LogP contribution in [-0.4, -0.2) is 33.0 Å². The maximum atomic E-state index is 11.5. The number of rotatable bonds is 12. The number of carbonyl (C=O) groups excluding carboxylic acids is 2. The topological polar surface area (TPSA) is 95.1 Å². The molecule has 0 radical (unpaired) electrons. The smallest absolute Gasteiger partial charge is 0.535 e. The van der Waals surface area contributed by atoms with Gasteiger partial charge in [-0.25, -0.2) is 9.59 Å². The lowest BCUT2D eigenvalue weighted by Gasteiger charge is -2.05. The molecule has 8 nitrogen and oxygen atoms in total. The summed E-state index contributed by atoms with van der Waals surface area (Å²) in [5.41, 5.74) is 1.84. The molecule has 0 heterocycles. The van der Waals surface area contributed by atoms with Crippen molar-refractivity contribution in [1.29, 1.82) is 0 Å². The van der Waals surface area contributed by atoms with Gasteiger partial charge >= 0.3 is 19.9 Å². The highest BCUT2D eigenvalue weighted by molar-refractivity contribution is 6.18. The predicted molar refractivity (Wildman–Crippen MR) is 117 cm³/mol. The summed E-state index contributed by atoms with van der Waals surface area (Å²) in [6.45, 7) is 0.955. The van der Waals surface area contributed by atoms with E-state index in [4.69, 9.17) is 18.8 Å². The molecule has 2 aromatic rings. The minimum Gasteiger partial charge on any atom is -0.535 e. The van der Waals surface area contributed by atoms with E-state index in [1.165, 1.54) is 12.5 Å². The van der Waals surface area contributed by atoms with Crippen molar-refractivity contribution in [3.63, 3.8) is 0 Å². The van der Waals surface area contributed by atoms with E-state index in [1.807, 2.05) is 60.7 Å². The van der Waals surface area contributed by atoms with Crippen molar-refractivity contribution in [1.82, 2.24) is 10.6 Å². The average molecular weight is 424 g/mol. The molecule has 0 bridgehead atoms. The molecule has 0 aliphatic carbocycles. The first-order valence-electron chi connectivity index (χ1n) is 9.66. The van der Waals surface area contributed by atoms with Gasteiger partial charge in [-0.3, -0.25) is 0 Å². The Bertz CT molecular complexity index is 761. The van der Waals surface area contributed by atoms with Crippen LogP contribution in [0.5, 0.6) is 0 Å². The van der Waals surface area contributed by atoms with Gasteiger partial charge in [0.15, 0.2) is 0 Å². The molecule has 0 aliphatic heterocycles. The summed E-state index contributed by atoms with van der Waals surface area (Å²) < 4.78 is 20.3. The van der Waals surface area contributed by atoms with Gasteiger partial charge in [0.1, 0.15) is 13.2 Å². The minimum atomic E-state index is -0.512. The lowest BCUT2D eigenvalue weighted by molar-refractivity contribution is 0.140. The van der Waals surface area contributed by atoms with E-state index in [0.29, 0.717) is 0 Å². The molecular formula is C22H25BN2O6. The molecule has 2 rings (SSSR count). The number of nitrogens with one attached hydrogen (secondary N) is 2. The summed E-state index contributed by atoms with van der Waals surface area (Å²) in [6.07, 6.45) is 5.02. The van der Waals surface area contributed by atoms with Crippen LogP contribution in [0.4, 0.5) is 9.59 Å². The fraction of sp³-hybridized carbons (Fsp3) is 0.182. The summed E-state index contributed by atoms with van der Waals surface area (Å²) in [5, 5.41) is 5.14. The fourth-order valence-corrected chi connectivity index (χ4v) is 2.18. The molecule has 0 aromatic heterocycles. The van der Waals surface area contributed by atoms with Crippen LogP contribution in [0.1, 0.15) is 11.1 Å². The van der Waals surface area contributed by atoms with Crippen molar-refractivity contribution in [3.05, 3.63) is 96.5 Å². The van der Waals surface area contributed by atoms with Gasteiger partial charge in [-0.15, -0.1) is 0 Å². The van der Waals surface area contributed by atoms with Crippen LogP contribution in [0, 0.1) is 0 Å². The minimum absolute atomic E-state index is 0.0100. The fourth-order valence-electron chi connectivity index (χ4n) is 2.18. The van der Waals surface area contributed by atoms with E-state index in [-0.39, 0.29) is 34.0 Å². The molecule has 0 spiro atoms. The average Bonchev–Trinajstić information content (AvgIpc) is 2.81. The highest BCUT2D eigenvalue weighted by Crippen LogP contribution is 2.01. The van der Waals surface area contributed by atoms with Gasteiger partial charge in [-0.05, 0) is 23.3 Å². The van der Waals surface area contributed by atoms with E-state index in [9.17, 15) is 9.59 Å². The highest BCUT2D eigenvalue weighted by atomic mass is 16.6. The first kappa shape index (κ1) is 23.4.